The molecular weight excluding hydrogens is 216 g/mol. The zero-order valence-corrected chi connectivity index (χ0v) is 7.75. The summed E-state index contributed by atoms with van der Waals surface area (Å²) in [5, 5.41) is 3.63. The molecule has 1 rings (SSSR count). The number of hydrogen-bond acceptors (Lipinski definition) is 2. The molecule has 84 valence electrons. The van der Waals surface area contributed by atoms with Gasteiger partial charge in [0.15, 0.2) is 0 Å². The molecule has 3 nitrogen and oxygen atoms in total. The Hall–Kier alpha value is -1.40. The molecule has 0 saturated carbocycles. The summed E-state index contributed by atoms with van der Waals surface area (Å²) in [6.07, 6.45) is -2.22. The second-order valence-corrected chi connectivity index (χ2v) is 3.05. The molecule has 0 saturated heterocycles. The van der Waals surface area contributed by atoms with E-state index in [1.807, 2.05) is 0 Å². The van der Waals surface area contributed by atoms with Crippen LogP contribution >= 0.6 is 0 Å². The quantitative estimate of drug-likeness (QED) is 0.725. The van der Waals surface area contributed by atoms with Crippen LogP contribution in [0.15, 0.2) is 12.4 Å². The van der Waals surface area contributed by atoms with Crippen LogP contribution in [0.5, 0.6) is 0 Å². The van der Waals surface area contributed by atoms with Gasteiger partial charge in [-0.1, -0.05) is 0 Å². The minimum absolute atomic E-state index is 0.183. The third-order valence-corrected chi connectivity index (χ3v) is 1.77. The van der Waals surface area contributed by atoms with Crippen LogP contribution in [0.2, 0.25) is 0 Å². The van der Waals surface area contributed by atoms with Crippen LogP contribution in [-0.2, 0) is 18.3 Å². The first kappa shape index (κ1) is 11.7. The molecule has 15 heavy (non-hydrogen) atoms. The molecule has 0 amide bonds. The van der Waals surface area contributed by atoms with Crippen LogP contribution < -0.4 is 0 Å². The van der Waals surface area contributed by atoms with Crippen LogP contribution in [0, 0.1) is 0 Å². The van der Waals surface area contributed by atoms with Gasteiger partial charge in [0, 0.05) is 19.7 Å². The number of carbonyl (C=O) groups excluding carboxylic acids is 1. The third-order valence-electron chi connectivity index (χ3n) is 1.77. The van der Waals surface area contributed by atoms with E-state index in [0.29, 0.717) is 0 Å². The molecule has 1 aromatic heterocycles. The van der Waals surface area contributed by atoms with Gasteiger partial charge in [0.05, 0.1) is 6.20 Å². The molecule has 1 heterocycles. The number of alkyl halides is 4. The Bertz CT molecular complexity index is 361. The zero-order valence-electron chi connectivity index (χ0n) is 7.75. The first-order chi connectivity index (χ1) is 6.84. The van der Waals surface area contributed by atoms with Crippen LogP contribution in [0.1, 0.15) is 5.56 Å². The predicted octanol–water partition coefficient (Wildman–Crippen LogP) is 1.43. The van der Waals surface area contributed by atoms with Gasteiger partial charge < -0.3 is 0 Å². The highest BCUT2D eigenvalue weighted by Gasteiger charge is 2.48. The van der Waals surface area contributed by atoms with Crippen molar-refractivity contribution in [3.05, 3.63) is 18.0 Å². The Labute approximate surface area is 82.7 Å². The minimum Gasteiger partial charge on any atom is -0.292 e. The highest BCUT2D eigenvalue weighted by atomic mass is 19.3. The lowest BCUT2D eigenvalue weighted by Gasteiger charge is -2.12. The highest BCUT2D eigenvalue weighted by molar-refractivity contribution is 5.87. The monoisotopic (exact) mass is 224 g/mol. The molecule has 0 aliphatic rings. The van der Waals surface area contributed by atoms with E-state index in [-0.39, 0.29) is 5.56 Å². The number of halogens is 4. The topological polar surface area (TPSA) is 34.9 Å². The number of rotatable bonds is 4. The normalized spacial score (nSPS) is 12.1. The predicted molar refractivity (Wildman–Crippen MR) is 42.9 cm³/mol. The van der Waals surface area contributed by atoms with Gasteiger partial charge in [-0.25, -0.2) is 8.78 Å². The molecule has 0 fully saturated rings. The van der Waals surface area contributed by atoms with Crippen molar-refractivity contribution >= 4 is 5.78 Å². The number of aromatic nitrogens is 2. The number of ketones is 1. The van der Waals surface area contributed by atoms with Crippen molar-refractivity contribution in [2.24, 2.45) is 7.05 Å². The maximum Gasteiger partial charge on any atom is 0.364 e. The third kappa shape index (κ3) is 2.54. The van der Waals surface area contributed by atoms with E-state index in [9.17, 15) is 22.4 Å². The average molecular weight is 224 g/mol. The van der Waals surface area contributed by atoms with Gasteiger partial charge in [-0.2, -0.15) is 13.9 Å². The van der Waals surface area contributed by atoms with Gasteiger partial charge in [-0.3, -0.25) is 9.48 Å². The van der Waals surface area contributed by atoms with Gasteiger partial charge in [0.25, 0.3) is 0 Å². The van der Waals surface area contributed by atoms with Crippen LogP contribution in [0.3, 0.4) is 0 Å². The number of nitrogens with zero attached hydrogens (tertiary/aromatic N) is 2. The zero-order chi connectivity index (χ0) is 11.6. The van der Waals surface area contributed by atoms with Gasteiger partial charge in [-0.05, 0) is 5.56 Å². The maximum atomic E-state index is 12.5. The molecule has 7 heteroatoms. The molecule has 0 atom stereocenters. The fourth-order valence-electron chi connectivity index (χ4n) is 0.988. The molecule has 0 aliphatic heterocycles. The molecule has 0 N–H and O–H groups in total. The van der Waals surface area contributed by atoms with Gasteiger partial charge >= 0.3 is 12.3 Å². The lowest BCUT2D eigenvalue weighted by Crippen LogP contribution is -2.37. The van der Waals surface area contributed by atoms with Gasteiger partial charge in [-0.15, -0.1) is 0 Å². The summed E-state index contributed by atoms with van der Waals surface area (Å²) in [5.41, 5.74) is 0.183. The lowest BCUT2D eigenvalue weighted by molar-refractivity contribution is -0.166. The van der Waals surface area contributed by atoms with E-state index in [1.165, 1.54) is 24.1 Å². The number of Topliss-reactive ketones (excluding diaryl/α,β-unsaturated/α-hetero) is 1. The minimum atomic E-state index is -4.59. The molecule has 0 spiro atoms. The second-order valence-electron chi connectivity index (χ2n) is 3.05. The molecule has 0 unspecified atom stereocenters. The Morgan fingerprint density at radius 2 is 2.20 bits per heavy atom. The van der Waals surface area contributed by atoms with Crippen molar-refractivity contribution in [2.45, 2.75) is 18.8 Å². The Morgan fingerprint density at radius 3 is 2.60 bits per heavy atom. The van der Waals surface area contributed by atoms with E-state index < -0.39 is 24.6 Å². The summed E-state index contributed by atoms with van der Waals surface area (Å²) < 4.78 is 49.9. The van der Waals surface area contributed by atoms with Crippen LogP contribution in [-0.4, -0.2) is 27.9 Å². The van der Waals surface area contributed by atoms with E-state index in [1.54, 1.807) is 0 Å². The molecule has 0 aliphatic carbocycles. The summed E-state index contributed by atoms with van der Waals surface area (Å²) >= 11 is 0. The summed E-state index contributed by atoms with van der Waals surface area (Å²) in [6.45, 7) is 0. The van der Waals surface area contributed by atoms with E-state index in [4.69, 9.17) is 0 Å². The van der Waals surface area contributed by atoms with Crippen molar-refractivity contribution in [2.75, 3.05) is 0 Å². The first-order valence-corrected chi connectivity index (χ1v) is 4.01. The Morgan fingerprint density at radius 1 is 1.60 bits per heavy atom. The van der Waals surface area contributed by atoms with E-state index >= 15 is 0 Å². The second kappa shape index (κ2) is 4.00. The van der Waals surface area contributed by atoms with Crippen LogP contribution in [0.4, 0.5) is 17.6 Å². The van der Waals surface area contributed by atoms with Gasteiger partial charge in [0.1, 0.15) is 0 Å². The fourth-order valence-corrected chi connectivity index (χ4v) is 0.988. The number of hydrogen-bond donors (Lipinski definition) is 0. The van der Waals surface area contributed by atoms with Crippen molar-refractivity contribution < 1.29 is 22.4 Å². The smallest absolute Gasteiger partial charge is 0.292 e. The lowest BCUT2D eigenvalue weighted by atomic mass is 10.1. The summed E-state index contributed by atoms with van der Waals surface area (Å²) in [5.74, 6) is -6.39. The van der Waals surface area contributed by atoms with Crippen molar-refractivity contribution in [1.29, 1.82) is 0 Å². The Kier molecular flexibility index (Phi) is 3.11. The largest absolute Gasteiger partial charge is 0.364 e. The first-order valence-electron chi connectivity index (χ1n) is 4.01. The van der Waals surface area contributed by atoms with E-state index in [2.05, 4.69) is 5.10 Å². The summed E-state index contributed by atoms with van der Waals surface area (Å²) in [6, 6.07) is 0. The average Bonchev–Trinajstić information content (AvgIpc) is 2.50. The van der Waals surface area contributed by atoms with Crippen LogP contribution in [0.25, 0.3) is 0 Å². The molecule has 1 aromatic rings. The summed E-state index contributed by atoms with van der Waals surface area (Å²) in [7, 11) is 1.53. The van der Waals surface area contributed by atoms with E-state index in [0.717, 1.165) is 0 Å². The SMILES string of the molecule is Cn1cc(CC(=O)C(F)(F)C(F)F)cn1. The summed E-state index contributed by atoms with van der Waals surface area (Å²) in [4.78, 5) is 10.8. The Balaban J connectivity index is 2.71. The van der Waals surface area contributed by atoms with Gasteiger partial charge in [0.2, 0.25) is 5.78 Å². The standard InChI is InChI=1S/C8H8F4N2O/c1-14-4-5(3-13-14)2-6(15)8(11,12)7(9)10/h3-4,7H,2H2,1H3. The van der Waals surface area contributed by atoms with Crippen molar-refractivity contribution in [3.8, 4) is 0 Å². The van der Waals surface area contributed by atoms with Crippen molar-refractivity contribution in [3.63, 3.8) is 0 Å². The highest BCUT2D eigenvalue weighted by Crippen LogP contribution is 2.25. The van der Waals surface area contributed by atoms with Crippen molar-refractivity contribution in [1.82, 2.24) is 9.78 Å². The number of carbonyl (C=O) groups is 1. The number of aryl methyl sites for hydroxylation is 1. The molecule has 0 aromatic carbocycles. The molecular formula is C8H8F4N2O. The fraction of sp³-hybridized carbons (Fsp3) is 0.500. The maximum absolute atomic E-state index is 12.5. The molecule has 0 bridgehead atoms. The molecule has 0 radical (unpaired) electrons.